The lowest BCUT2D eigenvalue weighted by Gasteiger charge is -2.32. The summed E-state index contributed by atoms with van der Waals surface area (Å²) in [5.41, 5.74) is 1.50. The number of halogens is 2. The third kappa shape index (κ3) is 5.93. The van der Waals surface area contributed by atoms with Crippen LogP contribution < -0.4 is 5.32 Å². The van der Waals surface area contributed by atoms with Crippen molar-refractivity contribution in [1.82, 2.24) is 10.2 Å². The van der Waals surface area contributed by atoms with E-state index in [-0.39, 0.29) is 18.2 Å². The van der Waals surface area contributed by atoms with Gasteiger partial charge in [-0.1, -0.05) is 26.0 Å². The molecule has 0 saturated carbocycles. The molecule has 1 saturated heterocycles. The molecule has 4 heteroatoms. The van der Waals surface area contributed by atoms with Gasteiger partial charge in [-0.2, -0.15) is 0 Å². The highest BCUT2D eigenvalue weighted by molar-refractivity contribution is 5.85. The van der Waals surface area contributed by atoms with Gasteiger partial charge in [0.15, 0.2) is 0 Å². The predicted octanol–water partition coefficient (Wildman–Crippen LogP) is 3.50. The molecule has 1 aliphatic heterocycles. The smallest absolute Gasteiger partial charge is 0.123 e. The van der Waals surface area contributed by atoms with Crippen LogP contribution in [0.5, 0.6) is 0 Å². The van der Waals surface area contributed by atoms with E-state index < -0.39 is 0 Å². The SMILES string of the molecule is CCCN(CCc1cccc(F)c1)CC1(C)CCNC1.Cl. The van der Waals surface area contributed by atoms with E-state index in [1.54, 1.807) is 12.1 Å². The molecule has 1 atom stereocenters. The largest absolute Gasteiger partial charge is 0.316 e. The Bertz CT molecular complexity index is 419. The van der Waals surface area contributed by atoms with Crippen molar-refractivity contribution in [3.05, 3.63) is 35.6 Å². The average molecular weight is 315 g/mol. The highest BCUT2D eigenvalue weighted by Crippen LogP contribution is 2.25. The second-order valence-electron chi connectivity index (χ2n) is 6.39. The molecule has 120 valence electrons. The van der Waals surface area contributed by atoms with Crippen molar-refractivity contribution in [2.24, 2.45) is 5.41 Å². The van der Waals surface area contributed by atoms with E-state index in [9.17, 15) is 4.39 Å². The van der Waals surface area contributed by atoms with E-state index in [0.29, 0.717) is 5.41 Å². The van der Waals surface area contributed by atoms with E-state index >= 15 is 0 Å². The quantitative estimate of drug-likeness (QED) is 0.828. The summed E-state index contributed by atoms with van der Waals surface area (Å²) in [7, 11) is 0. The van der Waals surface area contributed by atoms with E-state index in [2.05, 4.69) is 24.1 Å². The third-order valence-corrected chi connectivity index (χ3v) is 4.21. The van der Waals surface area contributed by atoms with Crippen molar-refractivity contribution < 1.29 is 4.39 Å². The fourth-order valence-electron chi connectivity index (χ4n) is 3.11. The van der Waals surface area contributed by atoms with E-state index in [1.807, 2.05) is 6.07 Å². The van der Waals surface area contributed by atoms with Crippen molar-refractivity contribution in [3.63, 3.8) is 0 Å². The van der Waals surface area contributed by atoms with Crippen LogP contribution >= 0.6 is 12.4 Å². The van der Waals surface area contributed by atoms with Crippen LogP contribution in [0.25, 0.3) is 0 Å². The normalized spacial score (nSPS) is 21.5. The zero-order valence-corrected chi connectivity index (χ0v) is 14.0. The van der Waals surface area contributed by atoms with Gasteiger partial charge in [0.05, 0.1) is 0 Å². The monoisotopic (exact) mass is 314 g/mol. The lowest BCUT2D eigenvalue weighted by molar-refractivity contribution is 0.179. The molecule has 2 rings (SSSR count). The predicted molar refractivity (Wildman–Crippen MR) is 89.7 cm³/mol. The van der Waals surface area contributed by atoms with Gasteiger partial charge < -0.3 is 10.2 Å². The summed E-state index contributed by atoms with van der Waals surface area (Å²) >= 11 is 0. The average Bonchev–Trinajstić information content (AvgIpc) is 2.83. The zero-order valence-electron chi connectivity index (χ0n) is 13.2. The summed E-state index contributed by atoms with van der Waals surface area (Å²) < 4.78 is 13.2. The van der Waals surface area contributed by atoms with Crippen LogP contribution in [0.4, 0.5) is 4.39 Å². The van der Waals surface area contributed by atoms with Crippen LogP contribution in [-0.4, -0.2) is 37.6 Å². The molecule has 1 fully saturated rings. The number of nitrogens with one attached hydrogen (secondary N) is 1. The van der Waals surface area contributed by atoms with Gasteiger partial charge >= 0.3 is 0 Å². The molecule has 1 aliphatic rings. The second kappa shape index (κ2) is 8.72. The van der Waals surface area contributed by atoms with Crippen LogP contribution in [0.15, 0.2) is 24.3 Å². The fraction of sp³-hybridized carbons (Fsp3) is 0.647. The number of benzene rings is 1. The maximum absolute atomic E-state index is 13.2. The van der Waals surface area contributed by atoms with Crippen LogP contribution in [0.2, 0.25) is 0 Å². The molecular weight excluding hydrogens is 287 g/mol. The molecule has 0 aromatic heterocycles. The molecule has 0 spiro atoms. The van der Waals surface area contributed by atoms with Gasteiger partial charge in [0.25, 0.3) is 0 Å². The Hall–Kier alpha value is -0.640. The molecular formula is C17H28ClFN2. The van der Waals surface area contributed by atoms with Gasteiger partial charge in [0.1, 0.15) is 5.82 Å². The zero-order chi connectivity index (χ0) is 14.4. The minimum absolute atomic E-state index is 0. The number of nitrogens with zero attached hydrogens (tertiary/aromatic N) is 1. The third-order valence-electron chi connectivity index (χ3n) is 4.21. The van der Waals surface area contributed by atoms with Gasteiger partial charge in [0, 0.05) is 19.6 Å². The lowest BCUT2D eigenvalue weighted by atomic mass is 9.89. The Balaban J connectivity index is 0.00000220. The fourth-order valence-corrected chi connectivity index (χ4v) is 3.11. The Kier molecular flexibility index (Phi) is 7.64. The lowest BCUT2D eigenvalue weighted by Crippen LogP contribution is -2.39. The molecule has 1 N–H and O–H groups in total. The van der Waals surface area contributed by atoms with Gasteiger partial charge in [-0.15, -0.1) is 12.4 Å². The van der Waals surface area contributed by atoms with Crippen molar-refractivity contribution >= 4 is 12.4 Å². The molecule has 1 aromatic rings. The molecule has 0 radical (unpaired) electrons. The van der Waals surface area contributed by atoms with Crippen molar-refractivity contribution in [2.45, 2.75) is 33.1 Å². The summed E-state index contributed by atoms with van der Waals surface area (Å²) in [5, 5.41) is 3.47. The highest BCUT2D eigenvalue weighted by Gasteiger charge is 2.30. The molecule has 21 heavy (non-hydrogen) atoms. The van der Waals surface area contributed by atoms with Gasteiger partial charge in [-0.25, -0.2) is 4.39 Å². The summed E-state index contributed by atoms with van der Waals surface area (Å²) in [6.07, 6.45) is 3.36. The first-order valence-corrected chi connectivity index (χ1v) is 7.79. The summed E-state index contributed by atoms with van der Waals surface area (Å²) in [5.74, 6) is -0.128. The Morgan fingerprint density at radius 2 is 2.14 bits per heavy atom. The second-order valence-corrected chi connectivity index (χ2v) is 6.39. The van der Waals surface area contributed by atoms with E-state index in [4.69, 9.17) is 0 Å². The molecule has 1 aromatic carbocycles. The van der Waals surface area contributed by atoms with Gasteiger partial charge in [0.2, 0.25) is 0 Å². The standard InChI is InChI=1S/C17H27FN2.ClH/c1-3-10-20(14-17(2)8-9-19-13-17)11-7-15-5-4-6-16(18)12-15;/h4-6,12,19H,3,7-11,13-14H2,1-2H3;1H. The molecule has 0 aliphatic carbocycles. The molecule has 1 heterocycles. The van der Waals surface area contributed by atoms with Crippen LogP contribution in [0, 0.1) is 11.2 Å². The number of rotatable bonds is 7. The number of hydrogen-bond acceptors (Lipinski definition) is 2. The molecule has 2 nitrogen and oxygen atoms in total. The summed E-state index contributed by atoms with van der Waals surface area (Å²) in [6, 6.07) is 6.99. The Morgan fingerprint density at radius 1 is 1.33 bits per heavy atom. The molecule has 1 unspecified atom stereocenters. The maximum Gasteiger partial charge on any atom is 0.123 e. The Morgan fingerprint density at radius 3 is 2.76 bits per heavy atom. The molecule has 0 amide bonds. The van der Waals surface area contributed by atoms with E-state index in [1.165, 1.54) is 18.9 Å². The van der Waals surface area contributed by atoms with E-state index in [0.717, 1.165) is 44.7 Å². The summed E-state index contributed by atoms with van der Waals surface area (Å²) in [6.45, 7) is 10.1. The van der Waals surface area contributed by atoms with Gasteiger partial charge in [-0.05, 0) is 55.5 Å². The minimum atomic E-state index is -0.128. The van der Waals surface area contributed by atoms with Crippen molar-refractivity contribution in [3.8, 4) is 0 Å². The minimum Gasteiger partial charge on any atom is -0.316 e. The van der Waals surface area contributed by atoms with Crippen LogP contribution in [0.1, 0.15) is 32.3 Å². The van der Waals surface area contributed by atoms with Crippen molar-refractivity contribution in [2.75, 3.05) is 32.7 Å². The van der Waals surface area contributed by atoms with Crippen LogP contribution in [0.3, 0.4) is 0 Å². The number of hydrogen-bond donors (Lipinski definition) is 1. The van der Waals surface area contributed by atoms with Gasteiger partial charge in [-0.3, -0.25) is 0 Å². The first-order valence-electron chi connectivity index (χ1n) is 7.79. The first-order chi connectivity index (χ1) is 9.61. The molecule has 0 bridgehead atoms. The summed E-state index contributed by atoms with van der Waals surface area (Å²) in [4.78, 5) is 2.54. The Labute approximate surface area is 134 Å². The first kappa shape index (κ1) is 18.4. The highest BCUT2D eigenvalue weighted by atomic mass is 35.5. The van der Waals surface area contributed by atoms with Crippen LogP contribution in [-0.2, 0) is 6.42 Å². The topological polar surface area (TPSA) is 15.3 Å². The maximum atomic E-state index is 13.2. The van der Waals surface area contributed by atoms with Crippen molar-refractivity contribution in [1.29, 1.82) is 0 Å².